The normalized spacial score (nSPS) is 20.0. The first-order valence-corrected chi connectivity index (χ1v) is 10.1. The van der Waals surface area contributed by atoms with Crippen molar-refractivity contribution in [2.45, 2.75) is 24.2 Å². The zero-order chi connectivity index (χ0) is 16.0. The van der Waals surface area contributed by atoms with E-state index in [-0.39, 0.29) is 29.1 Å². The Kier molecular flexibility index (Phi) is 6.26. The van der Waals surface area contributed by atoms with Crippen LogP contribution in [-0.2, 0) is 14.6 Å². The lowest BCUT2D eigenvalue weighted by atomic mass is 10.1. The minimum atomic E-state index is -2.91. The first kappa shape index (κ1) is 17.3. The monoisotopic (exact) mass is 345 g/mol. The molecule has 1 aliphatic heterocycles. The van der Waals surface area contributed by atoms with Crippen LogP contribution in [-0.4, -0.2) is 38.1 Å². The third kappa shape index (κ3) is 5.96. The molecular formula is C15H20FNO3S2. The van der Waals surface area contributed by atoms with Crippen molar-refractivity contribution in [3.05, 3.63) is 30.1 Å². The minimum Gasteiger partial charge on any atom is -0.356 e. The fraction of sp³-hybridized carbons (Fsp3) is 0.533. The van der Waals surface area contributed by atoms with Crippen LogP contribution in [0.15, 0.2) is 29.2 Å². The highest BCUT2D eigenvalue weighted by Gasteiger charge is 2.29. The van der Waals surface area contributed by atoms with E-state index in [0.29, 0.717) is 19.4 Å². The largest absolute Gasteiger partial charge is 0.356 e. The molecule has 1 fully saturated rings. The molecule has 4 nitrogen and oxygen atoms in total. The van der Waals surface area contributed by atoms with Crippen LogP contribution in [0.5, 0.6) is 0 Å². The molecule has 1 atom stereocenters. The summed E-state index contributed by atoms with van der Waals surface area (Å²) in [7, 11) is -2.91. The quantitative estimate of drug-likeness (QED) is 0.608. The average Bonchev–Trinajstić information content (AvgIpc) is 2.79. The van der Waals surface area contributed by atoms with Gasteiger partial charge in [0.1, 0.15) is 5.82 Å². The van der Waals surface area contributed by atoms with Crippen LogP contribution in [0.25, 0.3) is 0 Å². The third-order valence-electron chi connectivity index (χ3n) is 3.53. The van der Waals surface area contributed by atoms with E-state index in [1.165, 1.54) is 12.1 Å². The topological polar surface area (TPSA) is 63.2 Å². The molecule has 22 heavy (non-hydrogen) atoms. The second-order valence-electron chi connectivity index (χ2n) is 5.48. The summed E-state index contributed by atoms with van der Waals surface area (Å²) in [5, 5.41) is 2.83. The molecule has 0 bridgehead atoms. The van der Waals surface area contributed by atoms with Crippen molar-refractivity contribution in [1.29, 1.82) is 0 Å². The van der Waals surface area contributed by atoms with Crippen LogP contribution < -0.4 is 5.32 Å². The number of amides is 1. The molecule has 1 unspecified atom stereocenters. The Balaban J connectivity index is 1.56. The Hall–Kier alpha value is -1.08. The summed E-state index contributed by atoms with van der Waals surface area (Å²) in [4.78, 5) is 12.7. The molecule has 2 rings (SSSR count). The van der Waals surface area contributed by atoms with Crippen LogP contribution in [0, 0.1) is 11.7 Å². The number of benzene rings is 1. The predicted octanol–water partition coefficient (Wildman–Crippen LogP) is 2.25. The molecule has 1 N–H and O–H groups in total. The van der Waals surface area contributed by atoms with Gasteiger partial charge in [-0.2, -0.15) is 0 Å². The molecule has 1 heterocycles. The molecule has 0 aromatic heterocycles. The molecule has 0 aliphatic carbocycles. The van der Waals surface area contributed by atoms with Crippen molar-refractivity contribution in [2.24, 2.45) is 5.92 Å². The van der Waals surface area contributed by atoms with Gasteiger partial charge in [-0.15, -0.1) is 11.8 Å². The van der Waals surface area contributed by atoms with Gasteiger partial charge in [-0.3, -0.25) is 4.79 Å². The summed E-state index contributed by atoms with van der Waals surface area (Å²) < 4.78 is 35.4. The van der Waals surface area contributed by atoms with Gasteiger partial charge in [0.2, 0.25) is 5.91 Å². The maximum absolute atomic E-state index is 12.7. The lowest BCUT2D eigenvalue weighted by Gasteiger charge is -2.08. The standard InChI is InChI=1S/C15H20FNO3S2/c16-13-2-4-14(5-3-13)21-8-1-7-17-15(18)10-12-6-9-22(19,20)11-12/h2-5,12H,1,6-11H2,(H,17,18). The number of rotatable bonds is 7. The summed E-state index contributed by atoms with van der Waals surface area (Å²) in [6.45, 7) is 0.576. The van der Waals surface area contributed by atoms with Gasteiger partial charge in [0.05, 0.1) is 11.5 Å². The molecule has 1 aromatic carbocycles. The number of nitrogens with one attached hydrogen (secondary N) is 1. The summed E-state index contributed by atoms with van der Waals surface area (Å²) in [5.41, 5.74) is 0. The lowest BCUT2D eigenvalue weighted by molar-refractivity contribution is -0.121. The van der Waals surface area contributed by atoms with Gasteiger partial charge in [0.25, 0.3) is 0 Å². The summed E-state index contributed by atoms with van der Waals surface area (Å²) in [6.07, 6.45) is 1.71. The number of thioether (sulfide) groups is 1. The number of hydrogen-bond acceptors (Lipinski definition) is 4. The third-order valence-corrected chi connectivity index (χ3v) is 6.46. The SMILES string of the molecule is O=C(CC1CCS(=O)(=O)C1)NCCCSc1ccc(F)cc1. The maximum Gasteiger partial charge on any atom is 0.220 e. The lowest BCUT2D eigenvalue weighted by Crippen LogP contribution is -2.27. The Morgan fingerprint density at radius 3 is 2.68 bits per heavy atom. The van der Waals surface area contributed by atoms with Gasteiger partial charge < -0.3 is 5.32 Å². The molecule has 0 saturated carbocycles. The van der Waals surface area contributed by atoms with E-state index in [2.05, 4.69) is 5.32 Å². The number of carbonyl (C=O) groups excluding carboxylic acids is 1. The molecule has 1 saturated heterocycles. The van der Waals surface area contributed by atoms with Gasteiger partial charge >= 0.3 is 0 Å². The maximum atomic E-state index is 12.7. The van der Waals surface area contributed by atoms with Crippen molar-refractivity contribution in [3.63, 3.8) is 0 Å². The van der Waals surface area contributed by atoms with E-state index in [4.69, 9.17) is 0 Å². The predicted molar refractivity (Wildman–Crippen MR) is 86.1 cm³/mol. The highest BCUT2D eigenvalue weighted by Crippen LogP contribution is 2.21. The minimum absolute atomic E-state index is 0.0291. The van der Waals surface area contributed by atoms with Gasteiger partial charge in [0.15, 0.2) is 9.84 Å². The Morgan fingerprint density at radius 1 is 1.32 bits per heavy atom. The van der Waals surface area contributed by atoms with E-state index < -0.39 is 9.84 Å². The zero-order valence-corrected chi connectivity index (χ0v) is 13.9. The van der Waals surface area contributed by atoms with Crippen molar-refractivity contribution >= 4 is 27.5 Å². The van der Waals surface area contributed by atoms with Crippen LogP contribution >= 0.6 is 11.8 Å². The van der Waals surface area contributed by atoms with E-state index in [0.717, 1.165) is 17.1 Å². The zero-order valence-electron chi connectivity index (χ0n) is 12.3. The van der Waals surface area contributed by atoms with Crippen molar-refractivity contribution in [2.75, 3.05) is 23.8 Å². The molecule has 1 aliphatic rings. The van der Waals surface area contributed by atoms with Crippen LogP contribution in [0.4, 0.5) is 4.39 Å². The fourth-order valence-electron chi connectivity index (χ4n) is 2.39. The van der Waals surface area contributed by atoms with E-state index in [9.17, 15) is 17.6 Å². The van der Waals surface area contributed by atoms with Crippen molar-refractivity contribution in [1.82, 2.24) is 5.32 Å². The van der Waals surface area contributed by atoms with E-state index in [1.54, 1.807) is 23.9 Å². The molecule has 0 radical (unpaired) electrons. The summed E-state index contributed by atoms with van der Waals surface area (Å²) in [5.74, 6) is 0.835. The molecule has 7 heteroatoms. The van der Waals surface area contributed by atoms with Crippen molar-refractivity contribution in [3.8, 4) is 0 Å². The molecular weight excluding hydrogens is 325 g/mol. The number of halogens is 1. The summed E-state index contributed by atoms with van der Waals surface area (Å²) >= 11 is 1.62. The van der Waals surface area contributed by atoms with E-state index in [1.807, 2.05) is 0 Å². The summed E-state index contributed by atoms with van der Waals surface area (Å²) in [6, 6.07) is 6.33. The number of carbonyl (C=O) groups is 1. The Labute approximate surface area is 134 Å². The molecule has 122 valence electrons. The Morgan fingerprint density at radius 2 is 2.05 bits per heavy atom. The number of hydrogen-bond donors (Lipinski definition) is 1. The Bertz CT molecular complexity index is 602. The van der Waals surface area contributed by atoms with Crippen molar-refractivity contribution < 1.29 is 17.6 Å². The van der Waals surface area contributed by atoms with Gasteiger partial charge in [-0.1, -0.05) is 0 Å². The smallest absolute Gasteiger partial charge is 0.220 e. The molecule has 1 amide bonds. The van der Waals surface area contributed by atoms with Crippen LogP contribution in [0.2, 0.25) is 0 Å². The van der Waals surface area contributed by atoms with Gasteiger partial charge in [0, 0.05) is 17.9 Å². The van der Waals surface area contributed by atoms with Gasteiger partial charge in [-0.05, 0) is 48.8 Å². The number of sulfone groups is 1. The molecule has 1 aromatic rings. The second-order valence-corrected chi connectivity index (χ2v) is 8.88. The highest BCUT2D eigenvalue weighted by atomic mass is 32.2. The second kappa shape index (κ2) is 7.97. The highest BCUT2D eigenvalue weighted by molar-refractivity contribution is 7.99. The first-order valence-electron chi connectivity index (χ1n) is 7.30. The van der Waals surface area contributed by atoms with Crippen LogP contribution in [0.1, 0.15) is 19.3 Å². The van der Waals surface area contributed by atoms with Gasteiger partial charge in [-0.25, -0.2) is 12.8 Å². The first-order chi connectivity index (χ1) is 10.4. The van der Waals surface area contributed by atoms with E-state index >= 15 is 0 Å². The average molecular weight is 345 g/mol. The fourth-order valence-corrected chi connectivity index (χ4v) is 5.10. The molecule has 0 spiro atoms. The van der Waals surface area contributed by atoms with Crippen LogP contribution in [0.3, 0.4) is 0 Å².